The Balaban J connectivity index is 1.87. The van der Waals surface area contributed by atoms with Crippen molar-refractivity contribution in [3.05, 3.63) is 29.8 Å². The van der Waals surface area contributed by atoms with Gasteiger partial charge in [0, 0.05) is 0 Å². The molecule has 0 spiro atoms. The highest BCUT2D eigenvalue weighted by atomic mass is 16.5. The van der Waals surface area contributed by atoms with Gasteiger partial charge in [0.25, 0.3) is 0 Å². The minimum atomic E-state index is -0.342. The molecule has 94 valence electrons. The molecule has 1 saturated carbocycles. The van der Waals surface area contributed by atoms with E-state index < -0.39 is 0 Å². The number of ether oxygens (including phenoxy) is 1. The highest BCUT2D eigenvalue weighted by Gasteiger charge is 2.17. The molecular formula is C15H22O2. The van der Waals surface area contributed by atoms with Gasteiger partial charge >= 0.3 is 0 Å². The van der Waals surface area contributed by atoms with Crippen LogP contribution in [0.3, 0.4) is 0 Å². The molecule has 2 rings (SSSR count). The third kappa shape index (κ3) is 3.47. The highest BCUT2D eigenvalue weighted by Crippen LogP contribution is 2.31. The highest BCUT2D eigenvalue weighted by molar-refractivity contribution is 5.29. The number of aliphatic hydroxyl groups excluding tert-OH is 1. The SMILES string of the molecule is COc1cccc(C(O)CCC2CCCC2)c1. The van der Waals surface area contributed by atoms with Crippen LogP contribution in [-0.4, -0.2) is 12.2 Å². The molecule has 1 N–H and O–H groups in total. The molecule has 0 aliphatic heterocycles. The van der Waals surface area contributed by atoms with Gasteiger partial charge in [-0.15, -0.1) is 0 Å². The van der Waals surface area contributed by atoms with E-state index in [1.54, 1.807) is 7.11 Å². The summed E-state index contributed by atoms with van der Waals surface area (Å²) in [6.07, 6.45) is 7.14. The average Bonchev–Trinajstić information content (AvgIpc) is 2.89. The van der Waals surface area contributed by atoms with E-state index in [9.17, 15) is 5.11 Å². The molecule has 17 heavy (non-hydrogen) atoms. The number of methoxy groups -OCH3 is 1. The summed E-state index contributed by atoms with van der Waals surface area (Å²) in [7, 11) is 1.66. The fourth-order valence-corrected chi connectivity index (χ4v) is 2.71. The minimum Gasteiger partial charge on any atom is -0.497 e. The Hall–Kier alpha value is -1.02. The molecule has 0 heterocycles. The third-order valence-electron chi connectivity index (χ3n) is 3.80. The van der Waals surface area contributed by atoms with Gasteiger partial charge in [0.2, 0.25) is 0 Å². The van der Waals surface area contributed by atoms with Crippen molar-refractivity contribution in [3.8, 4) is 5.75 Å². The van der Waals surface area contributed by atoms with Crippen molar-refractivity contribution in [2.24, 2.45) is 5.92 Å². The van der Waals surface area contributed by atoms with Crippen molar-refractivity contribution < 1.29 is 9.84 Å². The first-order valence-electron chi connectivity index (χ1n) is 6.61. The van der Waals surface area contributed by atoms with E-state index in [4.69, 9.17) is 4.74 Å². The Morgan fingerprint density at radius 3 is 2.82 bits per heavy atom. The molecular weight excluding hydrogens is 212 g/mol. The second kappa shape index (κ2) is 6.06. The van der Waals surface area contributed by atoms with E-state index in [0.717, 1.165) is 30.1 Å². The van der Waals surface area contributed by atoms with Crippen LogP contribution >= 0.6 is 0 Å². The van der Waals surface area contributed by atoms with E-state index in [0.29, 0.717) is 0 Å². The summed E-state index contributed by atoms with van der Waals surface area (Å²) < 4.78 is 5.17. The lowest BCUT2D eigenvalue weighted by Crippen LogP contribution is -2.01. The van der Waals surface area contributed by atoms with E-state index in [2.05, 4.69) is 0 Å². The first kappa shape index (κ1) is 12.4. The lowest BCUT2D eigenvalue weighted by molar-refractivity contribution is 0.156. The fraction of sp³-hybridized carbons (Fsp3) is 0.600. The first-order valence-corrected chi connectivity index (χ1v) is 6.61. The fourth-order valence-electron chi connectivity index (χ4n) is 2.71. The van der Waals surface area contributed by atoms with Gasteiger partial charge in [-0.25, -0.2) is 0 Å². The van der Waals surface area contributed by atoms with Crippen LogP contribution in [0.2, 0.25) is 0 Å². The number of rotatable bonds is 5. The molecule has 1 aliphatic rings. The van der Waals surface area contributed by atoms with Crippen LogP contribution in [0.25, 0.3) is 0 Å². The Kier molecular flexibility index (Phi) is 4.43. The Morgan fingerprint density at radius 2 is 2.12 bits per heavy atom. The van der Waals surface area contributed by atoms with E-state index >= 15 is 0 Å². The number of aliphatic hydroxyl groups is 1. The monoisotopic (exact) mass is 234 g/mol. The van der Waals surface area contributed by atoms with Gasteiger partial charge in [-0.05, 0) is 36.5 Å². The lowest BCUT2D eigenvalue weighted by atomic mass is 9.96. The predicted molar refractivity (Wildman–Crippen MR) is 69.1 cm³/mol. The zero-order chi connectivity index (χ0) is 12.1. The summed E-state index contributed by atoms with van der Waals surface area (Å²) in [6.45, 7) is 0. The van der Waals surface area contributed by atoms with Gasteiger partial charge in [-0.2, -0.15) is 0 Å². The number of hydrogen-bond acceptors (Lipinski definition) is 2. The summed E-state index contributed by atoms with van der Waals surface area (Å²) >= 11 is 0. The summed E-state index contributed by atoms with van der Waals surface area (Å²) in [5.41, 5.74) is 0.974. The standard InChI is InChI=1S/C15H22O2/c1-17-14-8-4-7-13(11-14)15(16)10-9-12-5-2-3-6-12/h4,7-8,11-12,15-16H,2-3,5-6,9-10H2,1H3. The molecule has 0 radical (unpaired) electrons. The molecule has 1 unspecified atom stereocenters. The molecule has 0 saturated heterocycles. The molecule has 2 nitrogen and oxygen atoms in total. The van der Waals surface area contributed by atoms with Crippen molar-refractivity contribution in [2.45, 2.75) is 44.6 Å². The molecule has 1 aliphatic carbocycles. The number of benzene rings is 1. The Morgan fingerprint density at radius 1 is 1.35 bits per heavy atom. The molecule has 0 aromatic heterocycles. The maximum atomic E-state index is 10.1. The van der Waals surface area contributed by atoms with E-state index in [1.807, 2.05) is 24.3 Å². The van der Waals surface area contributed by atoms with Gasteiger partial charge in [0.1, 0.15) is 5.75 Å². The maximum Gasteiger partial charge on any atom is 0.119 e. The summed E-state index contributed by atoms with van der Waals surface area (Å²) in [6, 6.07) is 7.75. The van der Waals surface area contributed by atoms with Gasteiger partial charge in [0.15, 0.2) is 0 Å². The van der Waals surface area contributed by atoms with Crippen LogP contribution in [0, 0.1) is 5.92 Å². The molecule has 1 aromatic rings. The topological polar surface area (TPSA) is 29.5 Å². The number of hydrogen-bond donors (Lipinski definition) is 1. The van der Waals surface area contributed by atoms with Gasteiger partial charge in [0.05, 0.1) is 13.2 Å². The maximum absolute atomic E-state index is 10.1. The zero-order valence-corrected chi connectivity index (χ0v) is 10.6. The normalized spacial score (nSPS) is 18.2. The molecule has 0 bridgehead atoms. The van der Waals surface area contributed by atoms with Crippen LogP contribution in [0.5, 0.6) is 5.75 Å². The van der Waals surface area contributed by atoms with E-state index in [-0.39, 0.29) is 6.10 Å². The summed E-state index contributed by atoms with van der Waals surface area (Å²) in [4.78, 5) is 0. The lowest BCUT2D eigenvalue weighted by Gasteiger charge is -2.14. The van der Waals surface area contributed by atoms with Crippen LogP contribution in [0.4, 0.5) is 0 Å². The largest absolute Gasteiger partial charge is 0.497 e. The second-order valence-corrected chi connectivity index (χ2v) is 5.02. The smallest absolute Gasteiger partial charge is 0.119 e. The molecule has 2 heteroatoms. The summed E-state index contributed by atoms with van der Waals surface area (Å²) in [5.74, 6) is 1.66. The summed E-state index contributed by atoms with van der Waals surface area (Å²) in [5, 5.41) is 10.1. The Labute approximate surface area is 104 Å². The van der Waals surface area contributed by atoms with E-state index in [1.165, 1.54) is 25.7 Å². The predicted octanol–water partition coefficient (Wildman–Crippen LogP) is 3.70. The third-order valence-corrected chi connectivity index (χ3v) is 3.80. The van der Waals surface area contributed by atoms with Crippen molar-refractivity contribution in [1.29, 1.82) is 0 Å². The van der Waals surface area contributed by atoms with Crippen LogP contribution in [0.15, 0.2) is 24.3 Å². The molecule has 1 aromatic carbocycles. The average molecular weight is 234 g/mol. The van der Waals surface area contributed by atoms with Crippen molar-refractivity contribution in [3.63, 3.8) is 0 Å². The zero-order valence-electron chi connectivity index (χ0n) is 10.6. The van der Waals surface area contributed by atoms with Crippen LogP contribution in [-0.2, 0) is 0 Å². The van der Waals surface area contributed by atoms with Gasteiger partial charge in [-0.1, -0.05) is 37.8 Å². The van der Waals surface area contributed by atoms with Gasteiger partial charge < -0.3 is 9.84 Å². The molecule has 1 fully saturated rings. The van der Waals surface area contributed by atoms with Crippen molar-refractivity contribution in [1.82, 2.24) is 0 Å². The first-order chi connectivity index (χ1) is 8.29. The molecule has 1 atom stereocenters. The van der Waals surface area contributed by atoms with Crippen molar-refractivity contribution in [2.75, 3.05) is 7.11 Å². The van der Waals surface area contributed by atoms with Crippen LogP contribution in [0.1, 0.15) is 50.2 Å². The quantitative estimate of drug-likeness (QED) is 0.841. The minimum absolute atomic E-state index is 0.342. The Bertz CT molecular complexity index is 343. The second-order valence-electron chi connectivity index (χ2n) is 5.02. The van der Waals surface area contributed by atoms with Gasteiger partial charge in [-0.3, -0.25) is 0 Å². The van der Waals surface area contributed by atoms with Crippen molar-refractivity contribution >= 4 is 0 Å². The van der Waals surface area contributed by atoms with Crippen LogP contribution < -0.4 is 4.74 Å². The molecule has 0 amide bonds.